The molecule has 0 bridgehead atoms. The Morgan fingerprint density at radius 1 is 0.667 bits per heavy atom. The molecule has 4 nitrogen and oxygen atoms in total. The monoisotopic (exact) mass is 428 g/mol. The van der Waals surface area contributed by atoms with Gasteiger partial charge in [-0.3, -0.25) is 0 Å². The third kappa shape index (κ3) is 14.3. The fraction of sp³-hybridized carbons (Fsp3) is 1.00. The van der Waals surface area contributed by atoms with Crippen LogP contribution in [0.15, 0.2) is 0 Å². The molecule has 24 heavy (non-hydrogen) atoms. The predicted octanol–water partition coefficient (Wildman–Crippen LogP) is 2.70. The van der Waals surface area contributed by atoms with E-state index in [0.29, 0.717) is 0 Å². The summed E-state index contributed by atoms with van der Waals surface area (Å²) in [5.41, 5.74) is 0. The molecule has 0 rings (SSSR count). The Bertz CT molecular complexity index is 249. The normalized spacial score (nSPS) is 16.0. The molecule has 0 saturated heterocycles. The molecule has 1 unspecified atom stereocenters. The number of unbranched alkanes of at least 4 members (excludes halogenated alkanes) is 8. The summed E-state index contributed by atoms with van der Waals surface area (Å²) in [5.74, 6) is 0. The van der Waals surface area contributed by atoms with Gasteiger partial charge in [0.2, 0.25) is 0 Å². The van der Waals surface area contributed by atoms with Crippen LogP contribution in [0.1, 0.15) is 57.8 Å². The van der Waals surface area contributed by atoms with E-state index in [4.69, 9.17) is 16.8 Å². The molecular weight excluding hydrogens is 387 g/mol. The molecule has 0 amide bonds. The fourth-order valence-corrected chi connectivity index (χ4v) is 12.1. The first-order valence-electron chi connectivity index (χ1n) is 9.95. The minimum Gasteiger partial charge on any atom is -0.401 e. The van der Waals surface area contributed by atoms with E-state index in [1.807, 2.05) is 0 Å². The molecule has 0 aromatic heterocycles. The Labute approximate surface area is 160 Å². The molecule has 146 valence electrons. The Morgan fingerprint density at radius 2 is 1.08 bits per heavy atom. The summed E-state index contributed by atoms with van der Waals surface area (Å²) >= 11 is 0. The SMILES string of the molecule is C[SiH2]O[Si](OCCCCCCCCCCCPC)(O[SiH2]C)O[SiH2]C. The molecule has 0 aliphatic heterocycles. The van der Waals surface area contributed by atoms with Gasteiger partial charge < -0.3 is 16.8 Å². The van der Waals surface area contributed by atoms with Crippen molar-refractivity contribution in [2.75, 3.05) is 19.4 Å². The van der Waals surface area contributed by atoms with E-state index in [1.54, 1.807) is 0 Å². The Balaban J connectivity index is 3.60. The van der Waals surface area contributed by atoms with Crippen LogP contribution in [-0.4, -0.2) is 57.8 Å². The topological polar surface area (TPSA) is 36.9 Å². The second-order valence-corrected chi connectivity index (χ2v) is 13.6. The summed E-state index contributed by atoms with van der Waals surface area (Å²) in [6.07, 6.45) is 13.6. The van der Waals surface area contributed by atoms with Crippen LogP contribution in [0.4, 0.5) is 0 Å². The first-order chi connectivity index (χ1) is 11.7. The van der Waals surface area contributed by atoms with Crippen molar-refractivity contribution < 1.29 is 16.8 Å². The average molecular weight is 429 g/mol. The lowest BCUT2D eigenvalue weighted by molar-refractivity contribution is 0.0955. The van der Waals surface area contributed by atoms with Crippen LogP contribution in [0.5, 0.6) is 0 Å². The van der Waals surface area contributed by atoms with Crippen molar-refractivity contribution in [3.8, 4) is 0 Å². The fourth-order valence-electron chi connectivity index (χ4n) is 2.62. The smallest absolute Gasteiger partial charge is 0.401 e. The molecule has 0 saturated carbocycles. The first-order valence-corrected chi connectivity index (χ1v) is 19.3. The second-order valence-electron chi connectivity index (χ2n) is 5.93. The Kier molecular flexibility index (Phi) is 19.8. The molecule has 0 radical (unpaired) electrons. The zero-order valence-electron chi connectivity index (χ0n) is 16.5. The third-order valence-corrected chi connectivity index (χ3v) is 12.9. The van der Waals surface area contributed by atoms with Crippen LogP contribution in [0.3, 0.4) is 0 Å². The van der Waals surface area contributed by atoms with Gasteiger partial charge in [0.1, 0.15) is 0 Å². The molecule has 9 heteroatoms. The second kappa shape index (κ2) is 18.9. The van der Waals surface area contributed by atoms with Crippen LogP contribution in [0, 0.1) is 0 Å². The van der Waals surface area contributed by atoms with Crippen molar-refractivity contribution in [2.24, 2.45) is 0 Å². The minimum atomic E-state index is -2.71. The van der Waals surface area contributed by atoms with E-state index < -0.39 is 38.3 Å². The maximum atomic E-state index is 6.01. The van der Waals surface area contributed by atoms with Gasteiger partial charge >= 0.3 is 9.05 Å². The number of hydrogen-bond acceptors (Lipinski definition) is 4. The van der Waals surface area contributed by atoms with Crippen LogP contribution >= 0.6 is 8.58 Å². The molecule has 0 spiro atoms. The molecule has 0 fully saturated rings. The highest BCUT2D eigenvalue weighted by atomic mass is 31.1. The van der Waals surface area contributed by atoms with Crippen molar-refractivity contribution >= 4 is 46.9 Å². The van der Waals surface area contributed by atoms with Gasteiger partial charge in [0, 0.05) is 6.61 Å². The molecule has 1 atom stereocenters. The number of rotatable bonds is 19. The van der Waals surface area contributed by atoms with Crippen molar-refractivity contribution in [1.82, 2.24) is 0 Å². The quantitative estimate of drug-likeness (QED) is 0.180. The van der Waals surface area contributed by atoms with Gasteiger partial charge in [-0.15, -0.1) is 8.58 Å². The highest BCUT2D eigenvalue weighted by molar-refractivity contribution is 7.36. The van der Waals surface area contributed by atoms with Gasteiger partial charge in [-0.05, 0) is 25.7 Å². The molecule has 0 N–H and O–H groups in total. The van der Waals surface area contributed by atoms with Gasteiger partial charge in [-0.2, -0.15) is 0 Å². The van der Waals surface area contributed by atoms with E-state index in [-0.39, 0.29) is 0 Å². The molecule has 0 aromatic carbocycles. The molecule has 0 aliphatic rings. The summed E-state index contributed by atoms with van der Waals surface area (Å²) in [7, 11) is -3.25. The summed E-state index contributed by atoms with van der Waals surface area (Å²) in [6, 6.07) is 0. The zero-order valence-corrected chi connectivity index (χ0v) is 22.8. The Hall–Kier alpha value is 1.14. The van der Waals surface area contributed by atoms with Crippen molar-refractivity contribution in [1.29, 1.82) is 0 Å². The van der Waals surface area contributed by atoms with E-state index in [9.17, 15) is 0 Å². The maximum absolute atomic E-state index is 6.01. The van der Waals surface area contributed by atoms with E-state index in [1.165, 1.54) is 57.5 Å². The molecule has 0 aromatic rings. The maximum Gasteiger partial charge on any atom is 0.646 e. The van der Waals surface area contributed by atoms with E-state index in [2.05, 4.69) is 26.3 Å². The van der Waals surface area contributed by atoms with Gasteiger partial charge in [0.05, 0.1) is 0 Å². The van der Waals surface area contributed by atoms with E-state index in [0.717, 1.165) is 21.6 Å². The predicted molar refractivity (Wildman–Crippen MR) is 119 cm³/mol. The van der Waals surface area contributed by atoms with Crippen molar-refractivity contribution in [3.05, 3.63) is 0 Å². The van der Waals surface area contributed by atoms with Crippen LogP contribution in [0.2, 0.25) is 19.6 Å². The lowest BCUT2D eigenvalue weighted by Gasteiger charge is -2.28. The van der Waals surface area contributed by atoms with Gasteiger partial charge in [0.15, 0.2) is 29.3 Å². The summed E-state index contributed by atoms with van der Waals surface area (Å²) in [6.45, 7) is 9.40. The number of hydrogen-bond donors (Lipinski definition) is 0. The Morgan fingerprint density at radius 3 is 1.50 bits per heavy atom. The van der Waals surface area contributed by atoms with Crippen LogP contribution < -0.4 is 0 Å². The lowest BCUT2D eigenvalue weighted by Crippen LogP contribution is -2.51. The zero-order chi connectivity index (χ0) is 17.9. The largest absolute Gasteiger partial charge is 0.646 e. The average Bonchev–Trinajstić information content (AvgIpc) is 2.56. The molecule has 0 heterocycles. The molecular formula is C15H41O4PSi4. The van der Waals surface area contributed by atoms with Crippen molar-refractivity contribution in [2.45, 2.75) is 77.4 Å². The highest BCUT2D eigenvalue weighted by Crippen LogP contribution is 2.14. The molecule has 0 aliphatic carbocycles. The lowest BCUT2D eigenvalue weighted by atomic mass is 10.1. The van der Waals surface area contributed by atoms with Gasteiger partial charge in [-0.1, -0.05) is 64.6 Å². The van der Waals surface area contributed by atoms with Crippen molar-refractivity contribution in [3.63, 3.8) is 0 Å². The van der Waals surface area contributed by atoms with Gasteiger partial charge in [0.25, 0.3) is 0 Å². The summed E-state index contributed by atoms with van der Waals surface area (Å²) in [4.78, 5) is 0. The standard InChI is InChI=1S/C15H41O4PSi4/c1-20-15-13-11-9-7-5-6-8-10-12-14-16-24(17-21-2,18-22-3)19-23-4/h20H,5-15,21-23H2,1-4H3. The van der Waals surface area contributed by atoms with E-state index >= 15 is 0 Å². The third-order valence-electron chi connectivity index (χ3n) is 3.81. The van der Waals surface area contributed by atoms with Crippen LogP contribution in [0.25, 0.3) is 0 Å². The van der Waals surface area contributed by atoms with Crippen LogP contribution in [-0.2, 0) is 16.8 Å². The summed E-state index contributed by atoms with van der Waals surface area (Å²) in [5, 5.41) is 0. The highest BCUT2D eigenvalue weighted by Gasteiger charge is 2.42. The summed E-state index contributed by atoms with van der Waals surface area (Å²) < 4.78 is 23.7. The minimum absolute atomic E-state index is 0.561. The van der Waals surface area contributed by atoms with Gasteiger partial charge in [-0.25, -0.2) is 0 Å². The first kappa shape index (κ1) is 25.1.